The average molecular weight is 318 g/mol. The van der Waals surface area contributed by atoms with Crippen LogP contribution >= 0.6 is 15.9 Å². The molecule has 2 aromatic rings. The van der Waals surface area contributed by atoms with E-state index in [0.29, 0.717) is 12.3 Å². The van der Waals surface area contributed by atoms with E-state index in [0.717, 1.165) is 22.9 Å². The van der Waals surface area contributed by atoms with Crippen LogP contribution in [-0.2, 0) is 19.3 Å². The lowest BCUT2D eigenvalue weighted by Crippen LogP contribution is -2.23. The van der Waals surface area contributed by atoms with Crippen LogP contribution in [0.4, 0.5) is 0 Å². The summed E-state index contributed by atoms with van der Waals surface area (Å²) >= 11 is 3.41. The van der Waals surface area contributed by atoms with Crippen LogP contribution in [0, 0.1) is 5.92 Å². The highest BCUT2D eigenvalue weighted by Gasteiger charge is 2.27. The van der Waals surface area contributed by atoms with Gasteiger partial charge in [0, 0.05) is 23.3 Å². The number of halogens is 1. The summed E-state index contributed by atoms with van der Waals surface area (Å²) in [6, 6.07) is 10.5. The van der Waals surface area contributed by atoms with Gasteiger partial charge in [-0.3, -0.25) is 4.98 Å². The topological polar surface area (TPSA) is 33.1 Å². The second-order valence-corrected chi connectivity index (χ2v) is 6.14. The van der Waals surface area contributed by atoms with Crippen LogP contribution in [0.3, 0.4) is 0 Å². The fourth-order valence-electron chi connectivity index (χ4n) is 2.84. The first kappa shape index (κ1) is 12.8. The molecule has 0 bridgehead atoms. The highest BCUT2D eigenvalue weighted by molar-refractivity contribution is 9.10. The van der Waals surface area contributed by atoms with E-state index >= 15 is 0 Å². The first-order valence-electron chi connectivity index (χ1n) is 6.56. The molecule has 1 aromatic carbocycles. The van der Waals surface area contributed by atoms with Crippen molar-refractivity contribution >= 4 is 15.9 Å². The molecular formula is C16H16BrNO. The van der Waals surface area contributed by atoms with E-state index in [1.165, 1.54) is 11.1 Å². The van der Waals surface area contributed by atoms with Gasteiger partial charge in [-0.05, 0) is 57.4 Å². The average Bonchev–Trinajstić information content (AvgIpc) is 2.82. The third kappa shape index (κ3) is 2.88. The molecule has 0 saturated heterocycles. The van der Waals surface area contributed by atoms with Crippen molar-refractivity contribution in [3.8, 4) is 0 Å². The normalized spacial score (nSPS) is 16.3. The van der Waals surface area contributed by atoms with Crippen molar-refractivity contribution in [1.82, 2.24) is 4.98 Å². The minimum atomic E-state index is -0.302. The molecule has 1 aromatic heterocycles. The molecule has 1 unspecified atom stereocenters. The Kier molecular flexibility index (Phi) is 3.67. The fraction of sp³-hybridized carbons (Fsp3) is 0.312. The summed E-state index contributed by atoms with van der Waals surface area (Å²) in [4.78, 5) is 4.15. The summed E-state index contributed by atoms with van der Waals surface area (Å²) in [6.45, 7) is 0. The molecule has 1 aliphatic rings. The molecule has 0 fully saturated rings. The molecule has 19 heavy (non-hydrogen) atoms. The van der Waals surface area contributed by atoms with Gasteiger partial charge in [0.25, 0.3) is 0 Å². The highest BCUT2D eigenvalue weighted by Crippen LogP contribution is 2.29. The zero-order chi connectivity index (χ0) is 13.2. The molecule has 1 atom stereocenters. The molecule has 3 heteroatoms. The van der Waals surface area contributed by atoms with Gasteiger partial charge in [-0.15, -0.1) is 0 Å². The smallest absolute Gasteiger partial charge is 0.0615 e. The number of pyridine rings is 1. The predicted molar refractivity (Wildman–Crippen MR) is 79.0 cm³/mol. The molecule has 98 valence electrons. The molecule has 0 aliphatic heterocycles. The largest absolute Gasteiger partial charge is 0.392 e. The van der Waals surface area contributed by atoms with Crippen molar-refractivity contribution in [3.63, 3.8) is 0 Å². The van der Waals surface area contributed by atoms with Crippen LogP contribution in [0.1, 0.15) is 16.7 Å². The van der Waals surface area contributed by atoms with Crippen LogP contribution in [0.2, 0.25) is 0 Å². The first-order chi connectivity index (χ1) is 9.22. The predicted octanol–water partition coefficient (Wildman–Crippen LogP) is 3.16. The highest BCUT2D eigenvalue weighted by atomic mass is 79.9. The zero-order valence-electron chi connectivity index (χ0n) is 10.6. The van der Waals surface area contributed by atoms with Crippen molar-refractivity contribution in [1.29, 1.82) is 0 Å². The number of aromatic nitrogens is 1. The summed E-state index contributed by atoms with van der Waals surface area (Å²) in [5.74, 6) is 0.330. The third-order valence-corrected chi connectivity index (χ3v) is 4.27. The quantitative estimate of drug-likeness (QED) is 0.943. The van der Waals surface area contributed by atoms with Gasteiger partial charge in [-0.2, -0.15) is 0 Å². The number of hydrogen-bond donors (Lipinski definition) is 1. The summed E-state index contributed by atoms with van der Waals surface area (Å²) in [6.07, 6.45) is 5.93. The van der Waals surface area contributed by atoms with Crippen molar-refractivity contribution in [2.24, 2.45) is 5.92 Å². The van der Waals surface area contributed by atoms with Gasteiger partial charge in [-0.1, -0.05) is 24.3 Å². The first-order valence-corrected chi connectivity index (χ1v) is 7.36. The Bertz CT molecular complexity index is 559. The molecule has 0 spiro atoms. The third-order valence-electron chi connectivity index (χ3n) is 3.83. The molecule has 1 N–H and O–H groups in total. The Hall–Kier alpha value is -1.19. The van der Waals surface area contributed by atoms with Crippen molar-refractivity contribution in [2.75, 3.05) is 0 Å². The molecule has 0 saturated carbocycles. The SMILES string of the molecule is OC(Cc1cncc(Br)c1)C1Cc2ccccc2C1. The van der Waals surface area contributed by atoms with Crippen LogP contribution in [0.25, 0.3) is 0 Å². The van der Waals surface area contributed by atoms with Crippen molar-refractivity contribution in [2.45, 2.75) is 25.4 Å². The number of aliphatic hydroxyl groups is 1. The monoisotopic (exact) mass is 317 g/mol. The number of aliphatic hydroxyl groups excluding tert-OH is 1. The maximum Gasteiger partial charge on any atom is 0.0615 e. The van der Waals surface area contributed by atoms with E-state index < -0.39 is 0 Å². The van der Waals surface area contributed by atoms with Crippen LogP contribution < -0.4 is 0 Å². The van der Waals surface area contributed by atoms with Crippen LogP contribution in [-0.4, -0.2) is 16.2 Å². The van der Waals surface area contributed by atoms with E-state index in [1.807, 2.05) is 12.3 Å². The Balaban J connectivity index is 1.68. The van der Waals surface area contributed by atoms with Gasteiger partial charge in [0.15, 0.2) is 0 Å². The standard InChI is InChI=1S/C16H16BrNO/c17-15-5-11(9-18-10-15)6-16(19)14-7-12-3-1-2-4-13(12)8-14/h1-5,9-10,14,16,19H,6-8H2. The maximum absolute atomic E-state index is 10.4. The number of nitrogens with zero attached hydrogens (tertiary/aromatic N) is 1. The zero-order valence-corrected chi connectivity index (χ0v) is 12.2. The summed E-state index contributed by atoms with van der Waals surface area (Å²) in [5, 5.41) is 10.4. The van der Waals surface area contributed by atoms with E-state index in [2.05, 4.69) is 45.2 Å². The summed E-state index contributed by atoms with van der Waals surface area (Å²) in [5.41, 5.74) is 3.86. The van der Waals surface area contributed by atoms with Gasteiger partial charge >= 0.3 is 0 Å². The second kappa shape index (κ2) is 5.43. The Morgan fingerprint density at radius 1 is 1.21 bits per heavy atom. The van der Waals surface area contributed by atoms with Gasteiger partial charge < -0.3 is 5.11 Å². The maximum atomic E-state index is 10.4. The molecule has 3 rings (SSSR count). The molecule has 1 heterocycles. The minimum Gasteiger partial charge on any atom is -0.392 e. The number of rotatable bonds is 3. The number of benzene rings is 1. The molecule has 1 aliphatic carbocycles. The second-order valence-electron chi connectivity index (χ2n) is 5.22. The lowest BCUT2D eigenvalue weighted by molar-refractivity contribution is 0.112. The van der Waals surface area contributed by atoms with Gasteiger partial charge in [0.2, 0.25) is 0 Å². The van der Waals surface area contributed by atoms with Gasteiger partial charge in [-0.25, -0.2) is 0 Å². The van der Waals surface area contributed by atoms with E-state index in [-0.39, 0.29) is 6.10 Å². The summed E-state index contributed by atoms with van der Waals surface area (Å²) in [7, 11) is 0. The number of hydrogen-bond acceptors (Lipinski definition) is 2. The lowest BCUT2D eigenvalue weighted by Gasteiger charge is -2.17. The Labute approximate surface area is 121 Å². The van der Waals surface area contributed by atoms with E-state index in [1.54, 1.807) is 6.20 Å². The fourth-order valence-corrected chi connectivity index (χ4v) is 3.25. The molecular weight excluding hydrogens is 302 g/mol. The molecule has 0 amide bonds. The van der Waals surface area contributed by atoms with Crippen LogP contribution in [0.15, 0.2) is 47.2 Å². The van der Waals surface area contributed by atoms with Gasteiger partial charge in [0.05, 0.1) is 6.10 Å². The number of fused-ring (bicyclic) bond motifs is 1. The Morgan fingerprint density at radius 2 is 1.89 bits per heavy atom. The van der Waals surface area contributed by atoms with E-state index in [4.69, 9.17) is 0 Å². The Morgan fingerprint density at radius 3 is 2.53 bits per heavy atom. The van der Waals surface area contributed by atoms with Gasteiger partial charge in [0.1, 0.15) is 0 Å². The van der Waals surface area contributed by atoms with E-state index in [9.17, 15) is 5.11 Å². The molecule has 0 radical (unpaired) electrons. The minimum absolute atomic E-state index is 0.302. The lowest BCUT2D eigenvalue weighted by atomic mass is 9.94. The van der Waals surface area contributed by atoms with Crippen molar-refractivity contribution in [3.05, 3.63) is 63.9 Å². The molecule has 2 nitrogen and oxygen atoms in total. The summed E-state index contributed by atoms with van der Waals surface area (Å²) < 4.78 is 0.965. The van der Waals surface area contributed by atoms with Crippen molar-refractivity contribution < 1.29 is 5.11 Å². The van der Waals surface area contributed by atoms with Crippen LogP contribution in [0.5, 0.6) is 0 Å².